The Morgan fingerprint density at radius 3 is 2.35 bits per heavy atom. The van der Waals surface area contributed by atoms with Gasteiger partial charge in [-0.15, -0.1) is 0 Å². The Balaban J connectivity index is 1.29. The first-order chi connectivity index (χ1) is 14.9. The van der Waals surface area contributed by atoms with Gasteiger partial charge in [-0.05, 0) is 75.7 Å². The molecule has 3 rings (SSSR count). The Labute approximate surface area is 192 Å². The Bertz CT molecular complexity index is 782. The molecule has 7 heteroatoms. The van der Waals surface area contributed by atoms with Crippen LogP contribution in [0.15, 0.2) is 29.2 Å². The molecule has 0 spiro atoms. The standard InChI is InChI=1S/C24H38N2O3S2/c1-19-8-14-23(15-9-19)31(28,29)26-18-20-10-12-21(13-11-20)24(27)25-16-5-17-30-22-6-3-2-4-7-22/h8-9,14-15,20-22,26H,2-7,10-13,16-18H2,1H3,(H,25,27). The number of carbonyl (C=O) groups is 1. The van der Waals surface area contributed by atoms with Crippen molar-refractivity contribution in [3.05, 3.63) is 29.8 Å². The molecule has 0 aromatic heterocycles. The van der Waals surface area contributed by atoms with E-state index in [-0.39, 0.29) is 11.8 Å². The molecule has 0 saturated heterocycles. The molecule has 1 amide bonds. The maximum Gasteiger partial charge on any atom is 0.240 e. The van der Waals surface area contributed by atoms with Crippen molar-refractivity contribution in [2.45, 2.75) is 81.3 Å². The lowest BCUT2D eigenvalue weighted by molar-refractivity contribution is -0.126. The van der Waals surface area contributed by atoms with E-state index in [0.717, 1.165) is 55.2 Å². The van der Waals surface area contributed by atoms with Crippen LogP contribution in [-0.2, 0) is 14.8 Å². The van der Waals surface area contributed by atoms with Gasteiger partial charge in [0.05, 0.1) is 4.90 Å². The van der Waals surface area contributed by atoms with Crippen LogP contribution in [0.5, 0.6) is 0 Å². The molecule has 0 heterocycles. The minimum atomic E-state index is -3.46. The smallest absolute Gasteiger partial charge is 0.240 e. The molecule has 1 aromatic rings. The molecule has 0 aliphatic heterocycles. The van der Waals surface area contributed by atoms with E-state index in [4.69, 9.17) is 0 Å². The number of benzene rings is 1. The summed E-state index contributed by atoms with van der Waals surface area (Å²) in [4.78, 5) is 12.8. The lowest BCUT2D eigenvalue weighted by atomic mass is 9.81. The first-order valence-electron chi connectivity index (χ1n) is 11.9. The zero-order chi connectivity index (χ0) is 22.1. The van der Waals surface area contributed by atoms with Gasteiger partial charge >= 0.3 is 0 Å². The number of hydrogen-bond acceptors (Lipinski definition) is 4. The number of hydrogen-bond donors (Lipinski definition) is 2. The predicted molar refractivity (Wildman–Crippen MR) is 129 cm³/mol. The highest BCUT2D eigenvalue weighted by molar-refractivity contribution is 7.99. The molecule has 1 aromatic carbocycles. The van der Waals surface area contributed by atoms with Crippen LogP contribution in [0.2, 0.25) is 0 Å². The number of nitrogens with one attached hydrogen (secondary N) is 2. The Kier molecular flexibility index (Phi) is 9.72. The average Bonchev–Trinajstić information content (AvgIpc) is 2.79. The highest BCUT2D eigenvalue weighted by atomic mass is 32.2. The van der Waals surface area contributed by atoms with Gasteiger partial charge in [0.25, 0.3) is 0 Å². The van der Waals surface area contributed by atoms with Gasteiger partial charge in [0.2, 0.25) is 15.9 Å². The van der Waals surface area contributed by atoms with E-state index < -0.39 is 10.0 Å². The number of aryl methyl sites for hydroxylation is 1. The van der Waals surface area contributed by atoms with Crippen molar-refractivity contribution in [1.29, 1.82) is 0 Å². The van der Waals surface area contributed by atoms with Crippen LogP contribution in [0.25, 0.3) is 0 Å². The molecule has 2 N–H and O–H groups in total. The van der Waals surface area contributed by atoms with Gasteiger partial charge < -0.3 is 5.32 Å². The predicted octanol–water partition coefficient (Wildman–Crippen LogP) is 4.65. The van der Waals surface area contributed by atoms with Gasteiger partial charge in [-0.3, -0.25) is 4.79 Å². The third-order valence-electron chi connectivity index (χ3n) is 6.64. The minimum Gasteiger partial charge on any atom is -0.356 e. The van der Waals surface area contributed by atoms with E-state index in [9.17, 15) is 13.2 Å². The maximum atomic E-state index is 12.5. The van der Waals surface area contributed by atoms with Crippen molar-refractivity contribution in [2.75, 3.05) is 18.8 Å². The summed E-state index contributed by atoms with van der Waals surface area (Å²) in [6.45, 7) is 3.16. The van der Waals surface area contributed by atoms with Crippen molar-refractivity contribution < 1.29 is 13.2 Å². The zero-order valence-corrected chi connectivity index (χ0v) is 20.4. The molecule has 0 unspecified atom stereocenters. The van der Waals surface area contributed by atoms with Crippen molar-refractivity contribution >= 4 is 27.7 Å². The van der Waals surface area contributed by atoms with Crippen molar-refractivity contribution in [3.63, 3.8) is 0 Å². The first-order valence-corrected chi connectivity index (χ1v) is 14.4. The summed E-state index contributed by atoms with van der Waals surface area (Å²) in [6.07, 6.45) is 11.4. The summed E-state index contributed by atoms with van der Waals surface area (Å²) in [5, 5.41) is 3.96. The van der Waals surface area contributed by atoms with Crippen LogP contribution in [-0.4, -0.2) is 38.4 Å². The summed E-state index contributed by atoms with van der Waals surface area (Å²) in [5.74, 6) is 1.70. The molecule has 2 saturated carbocycles. The normalized spacial score (nSPS) is 22.9. The fraction of sp³-hybridized carbons (Fsp3) is 0.708. The van der Waals surface area contributed by atoms with E-state index in [1.165, 1.54) is 32.1 Å². The molecule has 0 bridgehead atoms. The second-order valence-corrected chi connectivity index (χ2v) is 12.3. The number of carbonyl (C=O) groups excluding carboxylic acids is 1. The molecule has 0 atom stereocenters. The fourth-order valence-corrected chi connectivity index (χ4v) is 6.99. The third-order valence-corrected chi connectivity index (χ3v) is 9.54. The van der Waals surface area contributed by atoms with Gasteiger partial charge in [-0.2, -0.15) is 11.8 Å². The summed E-state index contributed by atoms with van der Waals surface area (Å²) in [7, 11) is -3.46. The highest BCUT2D eigenvalue weighted by Crippen LogP contribution is 2.30. The summed E-state index contributed by atoms with van der Waals surface area (Å²) in [5.41, 5.74) is 1.04. The van der Waals surface area contributed by atoms with Crippen LogP contribution in [0.3, 0.4) is 0 Å². The minimum absolute atomic E-state index is 0.0796. The first kappa shape index (κ1) is 24.6. The number of thioether (sulfide) groups is 1. The van der Waals surface area contributed by atoms with Crippen LogP contribution < -0.4 is 10.0 Å². The summed E-state index contributed by atoms with van der Waals surface area (Å²) >= 11 is 2.08. The van der Waals surface area contributed by atoms with Crippen LogP contribution in [0, 0.1) is 18.8 Å². The van der Waals surface area contributed by atoms with E-state index in [1.807, 2.05) is 19.1 Å². The summed E-state index contributed by atoms with van der Waals surface area (Å²) in [6, 6.07) is 6.92. The van der Waals surface area contributed by atoms with E-state index in [2.05, 4.69) is 21.8 Å². The number of amides is 1. The third kappa shape index (κ3) is 8.10. The highest BCUT2D eigenvalue weighted by Gasteiger charge is 2.27. The second kappa shape index (κ2) is 12.3. The van der Waals surface area contributed by atoms with Gasteiger partial charge in [-0.1, -0.05) is 37.0 Å². The topological polar surface area (TPSA) is 75.3 Å². The fourth-order valence-electron chi connectivity index (χ4n) is 4.57. The quantitative estimate of drug-likeness (QED) is 0.492. The van der Waals surface area contributed by atoms with Gasteiger partial charge in [0.15, 0.2) is 0 Å². The second-order valence-electron chi connectivity index (χ2n) is 9.16. The molecule has 31 heavy (non-hydrogen) atoms. The largest absolute Gasteiger partial charge is 0.356 e. The molecule has 5 nitrogen and oxygen atoms in total. The molecule has 174 valence electrons. The molecule has 0 radical (unpaired) electrons. The Morgan fingerprint density at radius 2 is 1.68 bits per heavy atom. The maximum absolute atomic E-state index is 12.5. The Morgan fingerprint density at radius 1 is 1.00 bits per heavy atom. The van der Waals surface area contributed by atoms with Crippen LogP contribution in [0.4, 0.5) is 0 Å². The van der Waals surface area contributed by atoms with E-state index in [0.29, 0.717) is 17.4 Å². The molecule has 2 aliphatic carbocycles. The Hall–Kier alpha value is -1.05. The van der Waals surface area contributed by atoms with Crippen molar-refractivity contribution in [2.24, 2.45) is 11.8 Å². The lowest BCUT2D eigenvalue weighted by Gasteiger charge is -2.28. The molecular formula is C24H38N2O3S2. The monoisotopic (exact) mass is 466 g/mol. The van der Waals surface area contributed by atoms with E-state index in [1.54, 1.807) is 12.1 Å². The number of sulfonamides is 1. The van der Waals surface area contributed by atoms with Crippen molar-refractivity contribution in [1.82, 2.24) is 10.0 Å². The zero-order valence-electron chi connectivity index (χ0n) is 18.8. The molecule has 2 fully saturated rings. The average molecular weight is 467 g/mol. The number of rotatable bonds is 10. The van der Waals surface area contributed by atoms with Gasteiger partial charge in [0, 0.05) is 24.3 Å². The molecular weight excluding hydrogens is 428 g/mol. The van der Waals surface area contributed by atoms with Crippen LogP contribution in [0.1, 0.15) is 69.8 Å². The SMILES string of the molecule is Cc1ccc(S(=O)(=O)NCC2CCC(C(=O)NCCCSC3CCCCC3)CC2)cc1. The summed E-state index contributed by atoms with van der Waals surface area (Å²) < 4.78 is 27.7. The van der Waals surface area contributed by atoms with Crippen molar-refractivity contribution in [3.8, 4) is 0 Å². The van der Waals surface area contributed by atoms with E-state index >= 15 is 0 Å². The molecule has 2 aliphatic rings. The van der Waals surface area contributed by atoms with Gasteiger partial charge in [0.1, 0.15) is 0 Å². The lowest BCUT2D eigenvalue weighted by Crippen LogP contribution is -2.36. The van der Waals surface area contributed by atoms with Gasteiger partial charge in [-0.25, -0.2) is 13.1 Å². The van der Waals surface area contributed by atoms with Crippen LogP contribution >= 0.6 is 11.8 Å².